The van der Waals surface area contributed by atoms with Gasteiger partial charge in [0, 0.05) is 14.1 Å². The highest BCUT2D eigenvalue weighted by Gasteiger charge is 2.13. The summed E-state index contributed by atoms with van der Waals surface area (Å²) in [6, 6.07) is 8.80. The second-order valence-corrected chi connectivity index (χ2v) is 5.32. The minimum atomic E-state index is -0.391. The maximum absolute atomic E-state index is 11.9. The van der Waals surface area contributed by atoms with Crippen LogP contribution in [0.25, 0.3) is 0 Å². The van der Waals surface area contributed by atoms with Gasteiger partial charge in [-0.1, -0.05) is 6.07 Å². The van der Waals surface area contributed by atoms with Gasteiger partial charge in [-0.3, -0.25) is 0 Å². The lowest BCUT2D eigenvalue weighted by Gasteiger charge is -2.09. The van der Waals surface area contributed by atoms with Crippen molar-refractivity contribution in [3.8, 4) is 11.5 Å². The molecule has 0 bridgehead atoms. The van der Waals surface area contributed by atoms with E-state index in [1.54, 1.807) is 35.5 Å². The number of rotatable bonds is 5. The molecule has 0 aliphatic carbocycles. The number of nitrogens with zero attached hydrogens (tertiary/aromatic N) is 2. The molecule has 2 aromatic rings. The van der Waals surface area contributed by atoms with Crippen LogP contribution in [0.3, 0.4) is 0 Å². The molecule has 0 unspecified atom stereocenters. The van der Waals surface area contributed by atoms with Gasteiger partial charge in [0.2, 0.25) is 0 Å². The predicted molar refractivity (Wildman–Crippen MR) is 83.6 cm³/mol. The number of hydrogen-bond donors (Lipinski definition) is 0. The third-order valence-corrected chi connectivity index (χ3v) is 3.40. The molecule has 1 aromatic heterocycles. The Morgan fingerprint density at radius 2 is 2.10 bits per heavy atom. The first-order valence-electron chi connectivity index (χ1n) is 6.25. The Balaban J connectivity index is 2.18. The third kappa shape index (κ3) is 4.06. The highest BCUT2D eigenvalue weighted by molar-refractivity contribution is 7.12. The second kappa shape index (κ2) is 6.90. The Morgan fingerprint density at radius 1 is 1.29 bits per heavy atom. The number of ether oxygens (including phenoxy) is 2. The van der Waals surface area contributed by atoms with Gasteiger partial charge in [0.1, 0.15) is 4.88 Å². The van der Waals surface area contributed by atoms with Gasteiger partial charge in [0.05, 0.1) is 13.3 Å². The molecule has 2 rings (SSSR count). The number of carbonyl (C=O) groups is 1. The van der Waals surface area contributed by atoms with Crippen LogP contribution in [0.1, 0.15) is 15.2 Å². The Kier molecular flexibility index (Phi) is 4.94. The molecule has 0 atom stereocenters. The zero-order valence-electron chi connectivity index (χ0n) is 12.1. The van der Waals surface area contributed by atoms with Crippen molar-refractivity contribution < 1.29 is 14.3 Å². The molecule has 0 amide bonds. The van der Waals surface area contributed by atoms with E-state index in [0.29, 0.717) is 16.4 Å². The van der Waals surface area contributed by atoms with Crippen molar-refractivity contribution in [3.05, 3.63) is 46.2 Å². The van der Waals surface area contributed by atoms with Gasteiger partial charge >= 0.3 is 5.97 Å². The van der Waals surface area contributed by atoms with E-state index in [4.69, 9.17) is 9.47 Å². The van der Waals surface area contributed by atoms with Crippen LogP contribution in [-0.2, 0) is 0 Å². The molecule has 1 aromatic carbocycles. The fourth-order valence-electron chi connectivity index (χ4n) is 1.58. The van der Waals surface area contributed by atoms with Crippen LogP contribution < -0.4 is 9.47 Å². The van der Waals surface area contributed by atoms with Crippen molar-refractivity contribution in [2.24, 2.45) is 5.10 Å². The van der Waals surface area contributed by atoms with Crippen LogP contribution in [-0.4, -0.2) is 38.4 Å². The largest absolute Gasteiger partial charge is 0.493 e. The fourth-order valence-corrected chi connectivity index (χ4v) is 2.17. The monoisotopic (exact) mass is 304 g/mol. The molecule has 0 saturated heterocycles. The number of methoxy groups -OCH3 is 1. The molecule has 0 spiro atoms. The van der Waals surface area contributed by atoms with Gasteiger partial charge in [-0.25, -0.2) is 4.79 Å². The maximum atomic E-state index is 11.9. The van der Waals surface area contributed by atoms with Crippen LogP contribution in [0.4, 0.5) is 0 Å². The predicted octanol–water partition coefficient (Wildman–Crippen LogP) is 2.87. The molecule has 0 fully saturated rings. The summed E-state index contributed by atoms with van der Waals surface area (Å²) < 4.78 is 10.6. The Morgan fingerprint density at radius 3 is 2.71 bits per heavy atom. The summed E-state index contributed by atoms with van der Waals surface area (Å²) in [6.07, 6.45) is 1.70. The SMILES string of the molecule is COc1cc(/C=N/N(C)C)ccc1OC(=O)c1cccs1. The van der Waals surface area contributed by atoms with Crippen LogP contribution in [0.5, 0.6) is 11.5 Å². The lowest BCUT2D eigenvalue weighted by molar-refractivity contribution is 0.0735. The summed E-state index contributed by atoms with van der Waals surface area (Å²) in [7, 11) is 5.21. The van der Waals surface area contributed by atoms with Crippen molar-refractivity contribution in [1.29, 1.82) is 0 Å². The average molecular weight is 304 g/mol. The molecule has 6 heteroatoms. The highest BCUT2D eigenvalue weighted by atomic mass is 32.1. The lowest BCUT2D eigenvalue weighted by Crippen LogP contribution is -2.07. The van der Waals surface area contributed by atoms with E-state index in [0.717, 1.165) is 5.56 Å². The van der Waals surface area contributed by atoms with Gasteiger partial charge in [-0.15, -0.1) is 11.3 Å². The van der Waals surface area contributed by atoms with Gasteiger partial charge in [0.25, 0.3) is 0 Å². The van der Waals surface area contributed by atoms with E-state index >= 15 is 0 Å². The topological polar surface area (TPSA) is 51.1 Å². The standard InChI is InChI=1S/C15H16N2O3S/c1-17(2)16-10-11-6-7-12(13(9-11)19-3)20-15(18)14-5-4-8-21-14/h4-10H,1-3H3/b16-10+. The molecule has 0 aliphatic heterocycles. The number of thiophene rings is 1. The summed E-state index contributed by atoms with van der Waals surface area (Å²) in [5.74, 6) is 0.485. The normalized spacial score (nSPS) is 10.6. The maximum Gasteiger partial charge on any atom is 0.353 e. The van der Waals surface area contributed by atoms with Crippen molar-refractivity contribution >= 4 is 23.5 Å². The minimum absolute atomic E-state index is 0.387. The average Bonchev–Trinajstić information content (AvgIpc) is 3.00. The van der Waals surface area contributed by atoms with Crippen LogP contribution in [0, 0.1) is 0 Å². The molecule has 1 heterocycles. The molecular formula is C15H16N2O3S. The molecule has 0 saturated carbocycles. The molecule has 0 N–H and O–H groups in total. The van der Waals surface area contributed by atoms with E-state index in [1.807, 2.05) is 25.5 Å². The van der Waals surface area contributed by atoms with Crippen LogP contribution in [0.2, 0.25) is 0 Å². The Hall–Kier alpha value is -2.34. The van der Waals surface area contributed by atoms with Crippen LogP contribution >= 0.6 is 11.3 Å². The number of hydrazone groups is 1. The smallest absolute Gasteiger partial charge is 0.353 e. The minimum Gasteiger partial charge on any atom is -0.493 e. The first kappa shape index (κ1) is 15.1. The summed E-state index contributed by atoms with van der Waals surface area (Å²) in [5, 5.41) is 7.67. The molecule has 5 nitrogen and oxygen atoms in total. The number of carbonyl (C=O) groups excluding carboxylic acids is 1. The van der Waals surface area contributed by atoms with Crippen molar-refractivity contribution in [2.45, 2.75) is 0 Å². The number of benzene rings is 1. The van der Waals surface area contributed by atoms with E-state index in [1.165, 1.54) is 18.4 Å². The van der Waals surface area contributed by atoms with Gasteiger partial charge in [-0.05, 0) is 35.2 Å². The van der Waals surface area contributed by atoms with E-state index in [2.05, 4.69) is 5.10 Å². The summed E-state index contributed by atoms with van der Waals surface area (Å²) in [5.41, 5.74) is 0.858. The van der Waals surface area contributed by atoms with Crippen molar-refractivity contribution in [1.82, 2.24) is 5.01 Å². The van der Waals surface area contributed by atoms with E-state index < -0.39 is 5.97 Å². The van der Waals surface area contributed by atoms with E-state index in [9.17, 15) is 4.79 Å². The Bertz CT molecular complexity index is 636. The quantitative estimate of drug-likeness (QED) is 0.369. The molecule has 0 aliphatic rings. The highest BCUT2D eigenvalue weighted by Crippen LogP contribution is 2.28. The fraction of sp³-hybridized carbons (Fsp3) is 0.200. The second-order valence-electron chi connectivity index (χ2n) is 4.37. The third-order valence-electron chi connectivity index (χ3n) is 2.55. The molecule has 0 radical (unpaired) electrons. The Labute approximate surface area is 127 Å². The first-order chi connectivity index (χ1) is 10.1. The number of hydrogen-bond acceptors (Lipinski definition) is 6. The summed E-state index contributed by atoms with van der Waals surface area (Å²) in [6.45, 7) is 0. The molecule has 110 valence electrons. The van der Waals surface area contributed by atoms with Gasteiger partial charge in [-0.2, -0.15) is 5.10 Å². The molecule has 21 heavy (non-hydrogen) atoms. The lowest BCUT2D eigenvalue weighted by atomic mass is 10.2. The molecular weight excluding hydrogens is 288 g/mol. The summed E-state index contributed by atoms with van der Waals surface area (Å²) >= 11 is 1.34. The van der Waals surface area contributed by atoms with Crippen LogP contribution in [0.15, 0.2) is 40.8 Å². The van der Waals surface area contributed by atoms with Gasteiger partial charge in [0.15, 0.2) is 11.5 Å². The summed E-state index contributed by atoms with van der Waals surface area (Å²) in [4.78, 5) is 12.5. The van der Waals surface area contributed by atoms with E-state index in [-0.39, 0.29) is 0 Å². The zero-order chi connectivity index (χ0) is 15.2. The number of esters is 1. The van der Waals surface area contributed by atoms with Gasteiger partial charge < -0.3 is 14.5 Å². The first-order valence-corrected chi connectivity index (χ1v) is 7.13. The van der Waals surface area contributed by atoms with Crippen molar-refractivity contribution in [3.63, 3.8) is 0 Å². The van der Waals surface area contributed by atoms with Crippen molar-refractivity contribution in [2.75, 3.05) is 21.2 Å². The zero-order valence-corrected chi connectivity index (χ0v) is 12.9.